The summed E-state index contributed by atoms with van der Waals surface area (Å²) in [5.74, 6) is -0.888. The monoisotopic (exact) mass is 305 g/mol. The minimum atomic E-state index is -4.01. The Morgan fingerprint density at radius 3 is 3.00 bits per heavy atom. The van der Waals surface area contributed by atoms with Gasteiger partial charge in [0.05, 0.1) is 6.61 Å². The number of aromatic nitrogens is 1. The van der Waals surface area contributed by atoms with E-state index in [0.29, 0.717) is 0 Å². The predicted molar refractivity (Wildman–Crippen MR) is 69.5 cm³/mol. The molecule has 1 aliphatic heterocycles. The second kappa shape index (κ2) is 5.45. The van der Waals surface area contributed by atoms with Crippen LogP contribution in [0.5, 0.6) is 0 Å². The smallest absolute Gasteiger partial charge is 0.263 e. The quantitative estimate of drug-likeness (QED) is 0.785. The molecule has 1 fully saturated rings. The first kappa shape index (κ1) is 14.3. The Bertz CT molecular complexity index is 593. The molecule has 104 valence electrons. The van der Waals surface area contributed by atoms with Crippen LogP contribution < -0.4 is 5.73 Å². The van der Waals surface area contributed by atoms with E-state index < -0.39 is 27.0 Å². The van der Waals surface area contributed by atoms with Crippen LogP contribution in [0.1, 0.15) is 0 Å². The molecule has 1 aromatic rings. The zero-order valence-corrected chi connectivity index (χ0v) is 11.5. The first-order valence-electron chi connectivity index (χ1n) is 5.44. The van der Waals surface area contributed by atoms with Gasteiger partial charge >= 0.3 is 0 Å². The summed E-state index contributed by atoms with van der Waals surface area (Å²) in [7, 11) is -4.01. The number of hydrogen-bond acceptors (Lipinski definition) is 5. The fourth-order valence-corrected chi connectivity index (χ4v) is 3.24. The van der Waals surface area contributed by atoms with Crippen molar-refractivity contribution in [3.8, 4) is 0 Å². The van der Waals surface area contributed by atoms with Gasteiger partial charge in [0, 0.05) is 19.3 Å². The van der Waals surface area contributed by atoms with Crippen molar-refractivity contribution in [1.29, 1.82) is 0 Å². The molecule has 0 radical (unpaired) electrons. The molecule has 0 aromatic carbocycles. The molecule has 2 heterocycles. The molecular weight excluding hydrogens is 293 g/mol. The van der Waals surface area contributed by atoms with Crippen molar-refractivity contribution in [2.75, 3.05) is 19.7 Å². The Morgan fingerprint density at radius 1 is 1.63 bits per heavy atom. The molecule has 0 bridgehead atoms. The van der Waals surface area contributed by atoms with Gasteiger partial charge in [-0.05, 0) is 12.1 Å². The number of rotatable bonds is 3. The Hall–Kier alpha value is -1.16. The molecule has 1 saturated heterocycles. The lowest BCUT2D eigenvalue weighted by Gasteiger charge is -2.31. The van der Waals surface area contributed by atoms with Crippen molar-refractivity contribution in [2.24, 2.45) is 5.73 Å². The van der Waals surface area contributed by atoms with Crippen LogP contribution in [0.2, 0.25) is 0 Å². The van der Waals surface area contributed by atoms with E-state index in [-0.39, 0.29) is 24.7 Å². The summed E-state index contributed by atoms with van der Waals surface area (Å²) in [6.07, 6.45) is 0.562. The highest BCUT2D eigenvalue weighted by atomic mass is 32.2. The summed E-state index contributed by atoms with van der Waals surface area (Å²) < 4.78 is 44.4. The summed E-state index contributed by atoms with van der Waals surface area (Å²) in [6.45, 7) is 0.223. The highest BCUT2D eigenvalue weighted by molar-refractivity contribution is 7.89. The molecule has 1 unspecified atom stereocenters. The zero-order valence-electron chi connectivity index (χ0n) is 9.82. The third-order valence-corrected chi connectivity index (χ3v) is 4.72. The largest absolute Gasteiger partial charge is 0.391 e. The molecular formula is C10H12FN3O3S2. The summed E-state index contributed by atoms with van der Waals surface area (Å²) in [4.78, 5) is 3.66. The fourth-order valence-electron chi connectivity index (χ4n) is 1.70. The lowest BCUT2D eigenvalue weighted by molar-refractivity contribution is 0.0384. The summed E-state index contributed by atoms with van der Waals surface area (Å²) in [5, 5.41) is -0.599. The van der Waals surface area contributed by atoms with Crippen molar-refractivity contribution in [2.45, 2.75) is 11.1 Å². The van der Waals surface area contributed by atoms with Gasteiger partial charge in [-0.3, -0.25) is 0 Å². The molecule has 1 aromatic heterocycles. The van der Waals surface area contributed by atoms with E-state index in [1.165, 1.54) is 12.3 Å². The Balaban J connectivity index is 2.30. The van der Waals surface area contributed by atoms with Crippen LogP contribution in [0, 0.1) is 5.82 Å². The van der Waals surface area contributed by atoms with Crippen LogP contribution in [-0.4, -0.2) is 48.5 Å². The SMILES string of the molecule is NC(=S)C1CN(S(=O)(=O)c2ncccc2F)CCO1. The van der Waals surface area contributed by atoms with E-state index in [1.54, 1.807) is 0 Å². The normalized spacial score (nSPS) is 21.2. The van der Waals surface area contributed by atoms with E-state index in [0.717, 1.165) is 10.4 Å². The minimum Gasteiger partial charge on any atom is -0.391 e. The van der Waals surface area contributed by atoms with Crippen LogP contribution in [0.3, 0.4) is 0 Å². The number of thiocarbonyl (C=S) groups is 1. The topological polar surface area (TPSA) is 85.5 Å². The molecule has 6 nitrogen and oxygen atoms in total. The van der Waals surface area contributed by atoms with E-state index in [9.17, 15) is 12.8 Å². The Kier molecular flexibility index (Phi) is 4.09. The first-order chi connectivity index (χ1) is 8.93. The van der Waals surface area contributed by atoms with Gasteiger partial charge in [-0.2, -0.15) is 4.31 Å². The third-order valence-electron chi connectivity index (χ3n) is 2.66. The minimum absolute atomic E-state index is 0.0340. The summed E-state index contributed by atoms with van der Waals surface area (Å²) in [6, 6.07) is 2.37. The number of morpholine rings is 1. The molecule has 9 heteroatoms. The summed E-state index contributed by atoms with van der Waals surface area (Å²) in [5.41, 5.74) is 5.44. The summed E-state index contributed by atoms with van der Waals surface area (Å²) >= 11 is 4.78. The van der Waals surface area contributed by atoms with Crippen molar-refractivity contribution in [3.63, 3.8) is 0 Å². The molecule has 19 heavy (non-hydrogen) atoms. The molecule has 0 amide bonds. The van der Waals surface area contributed by atoms with Gasteiger partial charge in [0.25, 0.3) is 10.0 Å². The van der Waals surface area contributed by atoms with E-state index in [2.05, 4.69) is 4.98 Å². The molecule has 0 aliphatic carbocycles. The Morgan fingerprint density at radius 2 is 2.37 bits per heavy atom. The van der Waals surface area contributed by atoms with Crippen molar-refractivity contribution in [3.05, 3.63) is 24.1 Å². The van der Waals surface area contributed by atoms with Crippen molar-refractivity contribution >= 4 is 27.2 Å². The van der Waals surface area contributed by atoms with Crippen LogP contribution in [0.15, 0.2) is 23.4 Å². The second-order valence-electron chi connectivity index (χ2n) is 3.92. The fraction of sp³-hybridized carbons (Fsp3) is 0.400. The maximum atomic E-state index is 13.5. The van der Waals surface area contributed by atoms with E-state index >= 15 is 0 Å². The lowest BCUT2D eigenvalue weighted by atomic mass is 10.3. The van der Waals surface area contributed by atoms with Gasteiger partial charge in [-0.25, -0.2) is 17.8 Å². The van der Waals surface area contributed by atoms with Crippen LogP contribution in [0.25, 0.3) is 0 Å². The number of hydrogen-bond donors (Lipinski definition) is 1. The predicted octanol–water partition coefficient (Wildman–Crippen LogP) is -0.104. The average molecular weight is 305 g/mol. The number of pyridine rings is 1. The van der Waals surface area contributed by atoms with Crippen molar-refractivity contribution in [1.82, 2.24) is 9.29 Å². The van der Waals surface area contributed by atoms with Gasteiger partial charge in [0.15, 0.2) is 5.82 Å². The third kappa shape index (κ3) is 2.89. The molecule has 2 rings (SSSR count). The van der Waals surface area contributed by atoms with Gasteiger partial charge in [0.2, 0.25) is 5.03 Å². The van der Waals surface area contributed by atoms with Crippen LogP contribution in [0.4, 0.5) is 4.39 Å². The Labute approximate surface area is 115 Å². The van der Waals surface area contributed by atoms with Gasteiger partial charge < -0.3 is 10.5 Å². The average Bonchev–Trinajstić information content (AvgIpc) is 2.39. The van der Waals surface area contributed by atoms with Crippen molar-refractivity contribution < 1.29 is 17.5 Å². The highest BCUT2D eigenvalue weighted by Gasteiger charge is 2.34. The molecule has 1 atom stereocenters. The van der Waals surface area contributed by atoms with Gasteiger partial charge in [-0.15, -0.1) is 0 Å². The first-order valence-corrected chi connectivity index (χ1v) is 7.29. The van der Waals surface area contributed by atoms with Crippen LogP contribution in [-0.2, 0) is 14.8 Å². The van der Waals surface area contributed by atoms with E-state index in [4.69, 9.17) is 22.7 Å². The maximum absolute atomic E-state index is 13.5. The standard InChI is InChI=1S/C10H12FN3O3S2/c11-7-2-1-3-13-10(7)19(15,16)14-4-5-17-8(6-14)9(12)18/h1-3,8H,4-6H2,(H2,12,18). The maximum Gasteiger partial charge on any atom is 0.263 e. The molecule has 2 N–H and O–H groups in total. The highest BCUT2D eigenvalue weighted by Crippen LogP contribution is 2.19. The van der Waals surface area contributed by atoms with Gasteiger partial charge in [0.1, 0.15) is 11.1 Å². The zero-order chi connectivity index (χ0) is 14.0. The molecule has 0 saturated carbocycles. The number of nitrogens with zero attached hydrogens (tertiary/aromatic N) is 2. The molecule has 0 spiro atoms. The number of ether oxygens (including phenoxy) is 1. The number of sulfonamides is 1. The number of halogens is 1. The molecule has 1 aliphatic rings. The van der Waals surface area contributed by atoms with E-state index in [1.807, 2.05) is 0 Å². The van der Waals surface area contributed by atoms with Crippen LogP contribution >= 0.6 is 12.2 Å². The van der Waals surface area contributed by atoms with Gasteiger partial charge in [-0.1, -0.05) is 12.2 Å². The number of nitrogens with two attached hydrogens (primary N) is 1. The second-order valence-corrected chi connectivity index (χ2v) is 6.24. The lowest BCUT2D eigenvalue weighted by Crippen LogP contribution is -2.50.